The highest BCUT2D eigenvalue weighted by Gasteiger charge is 2.38. The van der Waals surface area contributed by atoms with Gasteiger partial charge in [-0.05, 0) is 55.0 Å². The van der Waals surface area contributed by atoms with E-state index >= 15 is 4.39 Å². The van der Waals surface area contributed by atoms with Gasteiger partial charge in [0.05, 0.1) is 24.3 Å². The van der Waals surface area contributed by atoms with Crippen molar-refractivity contribution in [3.8, 4) is 11.1 Å². The fourth-order valence-electron chi connectivity index (χ4n) is 6.88. The van der Waals surface area contributed by atoms with Gasteiger partial charge in [-0.3, -0.25) is 38.4 Å². The zero-order chi connectivity index (χ0) is 48.4. The lowest BCUT2D eigenvalue weighted by atomic mass is 9.82. The van der Waals surface area contributed by atoms with Crippen LogP contribution in [0.4, 0.5) is 8.78 Å². The van der Waals surface area contributed by atoms with E-state index in [9.17, 15) is 47.9 Å². The van der Waals surface area contributed by atoms with Crippen LogP contribution in [0, 0.1) is 17.0 Å². The molecule has 0 unspecified atom stereocenters. The highest BCUT2D eigenvalue weighted by Crippen LogP contribution is 2.41. The monoisotopic (exact) mass is 973 g/mol. The van der Waals surface area contributed by atoms with Crippen LogP contribution in [0.2, 0.25) is 0 Å². The van der Waals surface area contributed by atoms with Gasteiger partial charge in [-0.1, -0.05) is 67.0 Å². The number of aliphatic hydroxyl groups excluding tert-OH is 1. The molecule has 0 saturated heterocycles. The number of halogens is 3. The molecule has 0 aliphatic rings. The fourth-order valence-corrected chi connectivity index (χ4v) is 7.08. The Morgan fingerprint density at radius 2 is 1.51 bits per heavy atom. The predicted molar refractivity (Wildman–Crippen MR) is 239 cm³/mol. The number of hydrogen-bond donors (Lipinski definition) is 8. The van der Waals surface area contributed by atoms with Gasteiger partial charge in [0.2, 0.25) is 47.3 Å². The van der Waals surface area contributed by atoms with E-state index in [4.69, 9.17) is 5.73 Å². The van der Waals surface area contributed by atoms with Gasteiger partial charge in [-0.2, -0.15) is 0 Å². The maximum atomic E-state index is 15.3. The Morgan fingerprint density at radius 1 is 0.846 bits per heavy atom. The van der Waals surface area contributed by atoms with Gasteiger partial charge in [-0.25, -0.2) is 8.78 Å². The van der Waals surface area contributed by atoms with E-state index in [-0.39, 0.29) is 55.8 Å². The van der Waals surface area contributed by atoms with E-state index in [1.54, 1.807) is 16.8 Å². The number of amides is 8. The molecule has 65 heavy (non-hydrogen) atoms. The second-order valence-electron chi connectivity index (χ2n) is 16.3. The van der Waals surface area contributed by atoms with E-state index in [1.165, 1.54) is 18.7 Å². The van der Waals surface area contributed by atoms with Crippen molar-refractivity contribution in [2.45, 2.75) is 84.6 Å². The first-order valence-electron chi connectivity index (χ1n) is 20.8. The lowest BCUT2D eigenvalue weighted by molar-refractivity contribution is -0.140. The molecule has 21 heteroatoms. The quantitative estimate of drug-likeness (QED) is 0.0475. The maximum Gasteiger partial charge on any atom is 0.248 e. The van der Waals surface area contributed by atoms with E-state index < -0.39 is 102 Å². The Morgan fingerprint density at radius 3 is 2.12 bits per heavy atom. The standard InChI is InChI=1S/C44H58BrF2N9O9/c1-26(52-38(61)22-51-27(2)58)41(63)54-34(20-36(48)59)43(65)53-33(42(64)50-16-9-15-49-37(60)21-45)14-17-56(39(62)25-57)40(44(3,4)5)35-18-29(31-19-30(46)12-13-32(31)47)24-55(35)23-28-10-7-6-8-11-28/h6-8,10-13,18-19,24,26,33-34,40,57H,9,14-17,20-23,25H2,1-5H3,(H2,48,59)(H,49,60)(H,50,64)(H,51,58)(H,52,61)(H,53,65)(H,54,63)/t26-,33-,34-,40-/m0/s1. The van der Waals surface area contributed by atoms with Gasteiger partial charge in [0, 0.05) is 56.1 Å². The number of nitrogens with zero attached hydrogens (tertiary/aromatic N) is 2. The van der Waals surface area contributed by atoms with Crippen LogP contribution in [0.25, 0.3) is 11.1 Å². The summed E-state index contributed by atoms with van der Waals surface area (Å²) in [5, 5.41) is 25.3. The highest BCUT2D eigenvalue weighted by molar-refractivity contribution is 9.09. The first kappa shape index (κ1) is 53.1. The molecule has 9 N–H and O–H groups in total. The number of hydrogen-bond acceptors (Lipinski definition) is 9. The van der Waals surface area contributed by atoms with Crippen LogP contribution in [-0.4, -0.2) is 118 Å². The molecule has 4 atom stereocenters. The number of carbonyl (C=O) groups is 8. The van der Waals surface area contributed by atoms with Crippen molar-refractivity contribution >= 4 is 63.2 Å². The predicted octanol–water partition coefficient (Wildman–Crippen LogP) is 1.28. The van der Waals surface area contributed by atoms with Crippen molar-refractivity contribution < 1.29 is 52.2 Å². The lowest BCUT2D eigenvalue weighted by Gasteiger charge is -2.41. The van der Waals surface area contributed by atoms with E-state index in [0.717, 1.165) is 23.8 Å². The molecule has 0 spiro atoms. The van der Waals surface area contributed by atoms with Crippen LogP contribution in [0.1, 0.15) is 71.2 Å². The molecule has 0 bridgehead atoms. The number of rotatable bonds is 24. The third-order valence-electron chi connectivity index (χ3n) is 9.93. The van der Waals surface area contributed by atoms with Gasteiger partial charge in [0.1, 0.15) is 36.4 Å². The first-order chi connectivity index (χ1) is 30.6. The lowest BCUT2D eigenvalue weighted by Crippen LogP contribution is -2.58. The van der Waals surface area contributed by atoms with Crippen molar-refractivity contribution in [2.24, 2.45) is 11.1 Å². The number of carbonyl (C=O) groups excluding carboxylic acids is 8. The van der Waals surface area contributed by atoms with Crippen LogP contribution in [0.5, 0.6) is 0 Å². The van der Waals surface area contributed by atoms with Crippen LogP contribution in [0.3, 0.4) is 0 Å². The van der Waals surface area contributed by atoms with Crippen molar-refractivity contribution in [1.82, 2.24) is 41.4 Å². The summed E-state index contributed by atoms with van der Waals surface area (Å²) in [4.78, 5) is 103. The molecular weight excluding hydrogens is 916 g/mol. The summed E-state index contributed by atoms with van der Waals surface area (Å²) < 4.78 is 31.6. The Hall–Kier alpha value is -6.22. The third-order valence-corrected chi connectivity index (χ3v) is 10.4. The second kappa shape index (κ2) is 25.3. The zero-order valence-electron chi connectivity index (χ0n) is 37.0. The minimum atomic E-state index is -1.65. The number of aliphatic hydroxyl groups is 1. The molecule has 8 amide bonds. The molecule has 3 aromatic rings. The van der Waals surface area contributed by atoms with Crippen LogP contribution in [0.15, 0.2) is 60.8 Å². The number of benzene rings is 2. The summed E-state index contributed by atoms with van der Waals surface area (Å²) in [6.07, 6.45) is 0.901. The smallest absolute Gasteiger partial charge is 0.248 e. The van der Waals surface area contributed by atoms with Crippen LogP contribution in [-0.2, 0) is 44.9 Å². The van der Waals surface area contributed by atoms with Crippen molar-refractivity contribution in [1.29, 1.82) is 0 Å². The third kappa shape index (κ3) is 17.0. The van der Waals surface area contributed by atoms with Crippen molar-refractivity contribution in [3.63, 3.8) is 0 Å². The van der Waals surface area contributed by atoms with E-state index in [0.29, 0.717) is 11.3 Å². The number of nitrogens with one attached hydrogen (secondary N) is 6. The van der Waals surface area contributed by atoms with Gasteiger partial charge < -0.3 is 52.2 Å². The van der Waals surface area contributed by atoms with Crippen LogP contribution >= 0.6 is 15.9 Å². The second-order valence-corrected chi connectivity index (χ2v) is 16.9. The summed E-state index contributed by atoms with van der Waals surface area (Å²) >= 11 is 3.05. The summed E-state index contributed by atoms with van der Waals surface area (Å²) in [7, 11) is 0. The molecule has 18 nitrogen and oxygen atoms in total. The summed E-state index contributed by atoms with van der Waals surface area (Å²) in [5.41, 5.74) is 6.19. The van der Waals surface area contributed by atoms with E-state index in [1.807, 2.05) is 51.1 Å². The number of aromatic nitrogens is 1. The minimum absolute atomic E-state index is 0.0290. The first-order valence-corrected chi connectivity index (χ1v) is 21.9. The van der Waals surface area contributed by atoms with E-state index in [2.05, 4.69) is 47.8 Å². The van der Waals surface area contributed by atoms with Crippen LogP contribution < -0.4 is 37.6 Å². The van der Waals surface area contributed by atoms with Crippen molar-refractivity contribution in [2.75, 3.05) is 38.1 Å². The molecule has 1 heterocycles. The summed E-state index contributed by atoms with van der Waals surface area (Å²) in [6.45, 7) is 6.76. The van der Waals surface area contributed by atoms with Gasteiger partial charge >= 0.3 is 0 Å². The number of alkyl halides is 1. The molecule has 0 saturated carbocycles. The molecule has 3 rings (SSSR count). The zero-order valence-corrected chi connectivity index (χ0v) is 38.6. The molecular formula is C44H58BrF2N9O9. The van der Waals surface area contributed by atoms with Gasteiger partial charge in [-0.15, -0.1) is 0 Å². The average Bonchev–Trinajstić information content (AvgIpc) is 3.65. The highest BCUT2D eigenvalue weighted by atomic mass is 79.9. The van der Waals surface area contributed by atoms with Gasteiger partial charge in [0.15, 0.2) is 0 Å². The maximum absolute atomic E-state index is 15.3. The molecule has 0 radical (unpaired) electrons. The SMILES string of the molecule is CC(=O)NCC(=O)N[C@@H](C)C(=O)N[C@@H](CC(N)=O)C(=O)N[C@@H](CCN(C(=O)CO)[C@@H](c1cc(-c2cc(F)ccc2F)cn1Cc1ccccc1)C(C)(C)C)C(=O)NCCCNC(=O)CBr. The fraction of sp³-hybridized carbons (Fsp3) is 0.455. The average molecular weight is 975 g/mol. The van der Waals surface area contributed by atoms with Gasteiger partial charge in [0.25, 0.3) is 0 Å². The molecule has 0 aliphatic carbocycles. The Balaban J connectivity index is 2.04. The normalized spacial score (nSPS) is 13.0. The molecule has 2 aromatic carbocycles. The largest absolute Gasteiger partial charge is 0.387 e. The van der Waals surface area contributed by atoms with Crippen molar-refractivity contribution in [3.05, 3.63) is 83.7 Å². The minimum Gasteiger partial charge on any atom is -0.387 e. The topological polar surface area (TPSA) is 263 Å². The number of nitrogens with two attached hydrogens (primary N) is 1. The Bertz CT molecular complexity index is 2170. The Labute approximate surface area is 384 Å². The summed E-state index contributed by atoms with van der Waals surface area (Å²) in [5.74, 6) is -7.28. The molecule has 1 aromatic heterocycles. The Kier molecular flexibility index (Phi) is 20.7. The molecule has 0 fully saturated rings. The number of primary amides is 1. The summed E-state index contributed by atoms with van der Waals surface area (Å²) in [6, 6.07) is 8.68. The molecule has 354 valence electrons. The molecule has 0 aliphatic heterocycles.